The molecule has 1 aliphatic heterocycles. The molecule has 1 aromatic rings. The van der Waals surface area contributed by atoms with Crippen LogP contribution in [0.2, 0.25) is 0 Å². The van der Waals surface area contributed by atoms with E-state index in [9.17, 15) is 4.79 Å². The molecule has 1 saturated heterocycles. The normalized spacial score (nSPS) is 25.3. The molecule has 2 rings (SSSR count). The highest BCUT2D eigenvalue weighted by atomic mass is 127. The summed E-state index contributed by atoms with van der Waals surface area (Å²) in [5.74, 6) is 0.0877. The van der Waals surface area contributed by atoms with Crippen molar-refractivity contribution in [2.75, 3.05) is 5.32 Å². The standard InChI is InChI=1S/C15H21IN2O/c1-10-8-9-11(2)18(10)12(3)15(19)17-14-7-5-4-6-13(14)16/h4-7,10-12H,8-9H2,1-3H3,(H,17,19). The van der Waals surface area contributed by atoms with Gasteiger partial charge in [-0.2, -0.15) is 0 Å². The molecule has 1 aliphatic rings. The summed E-state index contributed by atoms with van der Waals surface area (Å²) < 4.78 is 1.07. The van der Waals surface area contributed by atoms with Crippen molar-refractivity contribution in [1.82, 2.24) is 4.90 Å². The Hall–Kier alpha value is -0.620. The lowest BCUT2D eigenvalue weighted by molar-refractivity contribution is -0.121. The Bertz CT molecular complexity index is 453. The third-order valence-electron chi connectivity index (χ3n) is 3.98. The summed E-state index contributed by atoms with van der Waals surface area (Å²) in [5.41, 5.74) is 0.902. The lowest BCUT2D eigenvalue weighted by Crippen LogP contribution is -2.46. The van der Waals surface area contributed by atoms with E-state index in [-0.39, 0.29) is 11.9 Å². The number of hydrogen-bond acceptors (Lipinski definition) is 2. The molecule has 19 heavy (non-hydrogen) atoms. The van der Waals surface area contributed by atoms with Gasteiger partial charge in [-0.15, -0.1) is 0 Å². The number of benzene rings is 1. The van der Waals surface area contributed by atoms with Crippen molar-refractivity contribution in [3.63, 3.8) is 0 Å². The second-order valence-corrected chi connectivity index (χ2v) is 6.53. The van der Waals surface area contributed by atoms with Crippen LogP contribution in [0.5, 0.6) is 0 Å². The largest absolute Gasteiger partial charge is 0.324 e. The van der Waals surface area contributed by atoms with Crippen LogP contribution in [0.15, 0.2) is 24.3 Å². The molecule has 0 aromatic heterocycles. The number of carbonyl (C=O) groups excluding carboxylic acids is 1. The van der Waals surface area contributed by atoms with Crippen LogP contribution in [0.3, 0.4) is 0 Å². The van der Waals surface area contributed by atoms with Gasteiger partial charge in [0.1, 0.15) is 0 Å². The van der Waals surface area contributed by atoms with Crippen LogP contribution < -0.4 is 5.32 Å². The SMILES string of the molecule is CC1CCC(C)N1C(C)C(=O)Nc1ccccc1I. The van der Waals surface area contributed by atoms with Crippen molar-refractivity contribution < 1.29 is 4.79 Å². The van der Waals surface area contributed by atoms with Crippen LogP contribution in [0.25, 0.3) is 0 Å². The molecular weight excluding hydrogens is 351 g/mol. The highest BCUT2D eigenvalue weighted by Gasteiger charge is 2.34. The van der Waals surface area contributed by atoms with Gasteiger partial charge in [-0.3, -0.25) is 9.69 Å². The van der Waals surface area contributed by atoms with E-state index in [0.29, 0.717) is 12.1 Å². The van der Waals surface area contributed by atoms with Gasteiger partial charge < -0.3 is 5.32 Å². The van der Waals surface area contributed by atoms with Gasteiger partial charge in [0.15, 0.2) is 0 Å². The molecule has 1 fully saturated rings. The molecule has 0 radical (unpaired) electrons. The third kappa shape index (κ3) is 3.28. The Balaban J connectivity index is 2.06. The number of para-hydroxylation sites is 1. The van der Waals surface area contributed by atoms with E-state index < -0.39 is 0 Å². The van der Waals surface area contributed by atoms with Crippen LogP contribution in [0.1, 0.15) is 33.6 Å². The number of likely N-dealkylation sites (tertiary alicyclic amines) is 1. The van der Waals surface area contributed by atoms with Gasteiger partial charge in [-0.25, -0.2) is 0 Å². The molecule has 0 bridgehead atoms. The zero-order valence-electron chi connectivity index (χ0n) is 11.7. The lowest BCUT2D eigenvalue weighted by Gasteiger charge is -2.31. The van der Waals surface area contributed by atoms with E-state index in [1.54, 1.807) is 0 Å². The topological polar surface area (TPSA) is 32.3 Å². The van der Waals surface area contributed by atoms with E-state index in [2.05, 4.69) is 46.7 Å². The number of halogens is 1. The lowest BCUT2D eigenvalue weighted by atomic mass is 10.2. The van der Waals surface area contributed by atoms with Crippen LogP contribution in [-0.4, -0.2) is 28.9 Å². The third-order valence-corrected chi connectivity index (χ3v) is 4.92. The molecule has 3 unspecified atom stereocenters. The van der Waals surface area contributed by atoms with E-state index in [0.717, 1.165) is 9.26 Å². The summed E-state index contributed by atoms with van der Waals surface area (Å²) in [4.78, 5) is 14.7. The van der Waals surface area contributed by atoms with Crippen molar-refractivity contribution in [3.05, 3.63) is 27.8 Å². The second-order valence-electron chi connectivity index (χ2n) is 5.37. The predicted octanol–water partition coefficient (Wildman–Crippen LogP) is 3.49. The molecule has 3 nitrogen and oxygen atoms in total. The van der Waals surface area contributed by atoms with Gasteiger partial charge in [0.05, 0.1) is 11.7 Å². The smallest absolute Gasteiger partial charge is 0.241 e. The first-order valence-corrected chi connectivity index (χ1v) is 7.91. The molecular formula is C15H21IN2O. The maximum atomic E-state index is 12.4. The molecule has 1 heterocycles. The van der Waals surface area contributed by atoms with Crippen LogP contribution in [-0.2, 0) is 4.79 Å². The average Bonchev–Trinajstić information content (AvgIpc) is 2.71. The molecule has 4 heteroatoms. The fraction of sp³-hybridized carbons (Fsp3) is 0.533. The van der Waals surface area contributed by atoms with Crippen LogP contribution >= 0.6 is 22.6 Å². The van der Waals surface area contributed by atoms with Crippen molar-refractivity contribution in [3.8, 4) is 0 Å². The van der Waals surface area contributed by atoms with E-state index in [4.69, 9.17) is 0 Å². The fourth-order valence-corrected chi connectivity index (χ4v) is 3.44. The summed E-state index contributed by atoms with van der Waals surface area (Å²) in [7, 11) is 0. The van der Waals surface area contributed by atoms with Crippen LogP contribution in [0, 0.1) is 3.57 Å². The van der Waals surface area contributed by atoms with Gasteiger partial charge in [0.25, 0.3) is 0 Å². The van der Waals surface area contributed by atoms with Crippen molar-refractivity contribution in [2.45, 2.75) is 51.7 Å². The molecule has 0 spiro atoms. The highest BCUT2D eigenvalue weighted by Crippen LogP contribution is 2.26. The maximum absolute atomic E-state index is 12.4. The minimum Gasteiger partial charge on any atom is -0.324 e. The number of nitrogens with zero attached hydrogens (tertiary/aromatic N) is 1. The fourth-order valence-electron chi connectivity index (χ4n) is 2.91. The first-order valence-electron chi connectivity index (χ1n) is 6.83. The molecule has 0 aliphatic carbocycles. The summed E-state index contributed by atoms with van der Waals surface area (Å²) in [6.07, 6.45) is 2.36. The monoisotopic (exact) mass is 372 g/mol. The number of hydrogen-bond donors (Lipinski definition) is 1. The van der Waals surface area contributed by atoms with Gasteiger partial charge in [-0.05, 0) is 68.3 Å². The molecule has 104 valence electrons. The maximum Gasteiger partial charge on any atom is 0.241 e. The Morgan fingerprint density at radius 1 is 1.32 bits per heavy atom. The summed E-state index contributed by atoms with van der Waals surface area (Å²) in [6.45, 7) is 6.42. The number of amides is 1. The Kier molecular flexibility index (Phi) is 4.84. The molecule has 1 aromatic carbocycles. The second kappa shape index (κ2) is 6.22. The Morgan fingerprint density at radius 2 is 1.89 bits per heavy atom. The predicted molar refractivity (Wildman–Crippen MR) is 87.2 cm³/mol. The van der Waals surface area contributed by atoms with E-state index in [1.165, 1.54) is 12.8 Å². The first-order chi connectivity index (χ1) is 9.00. The van der Waals surface area contributed by atoms with E-state index in [1.807, 2.05) is 31.2 Å². The van der Waals surface area contributed by atoms with E-state index >= 15 is 0 Å². The van der Waals surface area contributed by atoms with Crippen LogP contribution in [0.4, 0.5) is 5.69 Å². The first kappa shape index (κ1) is 14.8. The zero-order valence-corrected chi connectivity index (χ0v) is 13.8. The van der Waals surface area contributed by atoms with Gasteiger partial charge in [0.2, 0.25) is 5.91 Å². The summed E-state index contributed by atoms with van der Waals surface area (Å²) >= 11 is 2.25. The molecule has 3 atom stereocenters. The summed E-state index contributed by atoms with van der Waals surface area (Å²) in [6, 6.07) is 8.78. The molecule has 0 saturated carbocycles. The zero-order chi connectivity index (χ0) is 14.0. The van der Waals surface area contributed by atoms with Crippen molar-refractivity contribution in [1.29, 1.82) is 0 Å². The number of rotatable bonds is 3. The Labute approximate surface area is 128 Å². The van der Waals surface area contributed by atoms with Crippen molar-refractivity contribution >= 4 is 34.2 Å². The summed E-state index contributed by atoms with van der Waals surface area (Å²) in [5, 5.41) is 3.04. The number of carbonyl (C=O) groups is 1. The van der Waals surface area contributed by atoms with Gasteiger partial charge in [0, 0.05) is 15.7 Å². The molecule has 1 N–H and O–H groups in total. The molecule has 1 amide bonds. The van der Waals surface area contributed by atoms with Crippen molar-refractivity contribution in [2.24, 2.45) is 0 Å². The number of nitrogens with one attached hydrogen (secondary N) is 1. The Morgan fingerprint density at radius 3 is 2.47 bits per heavy atom. The quantitative estimate of drug-likeness (QED) is 0.824. The van der Waals surface area contributed by atoms with Gasteiger partial charge in [-0.1, -0.05) is 12.1 Å². The minimum atomic E-state index is -0.0801. The average molecular weight is 372 g/mol. The number of anilines is 1. The van der Waals surface area contributed by atoms with Gasteiger partial charge >= 0.3 is 0 Å². The minimum absolute atomic E-state index is 0.0801. The highest BCUT2D eigenvalue weighted by molar-refractivity contribution is 14.1.